The van der Waals surface area contributed by atoms with Gasteiger partial charge in [0.25, 0.3) is 0 Å². The molecule has 1 aliphatic heterocycles. The first-order chi connectivity index (χ1) is 17.6. The third-order valence-corrected chi connectivity index (χ3v) is 10.9. The molecule has 0 aromatic heterocycles. The topological polar surface area (TPSA) is 91.3 Å². The van der Waals surface area contributed by atoms with Crippen molar-refractivity contribution in [1.29, 1.82) is 0 Å². The van der Waals surface area contributed by atoms with Crippen molar-refractivity contribution in [2.75, 3.05) is 13.4 Å². The highest BCUT2D eigenvalue weighted by Gasteiger charge is 2.68. The average molecular weight is 511 g/mol. The summed E-state index contributed by atoms with van der Waals surface area (Å²) in [5.74, 6) is 1.29. The van der Waals surface area contributed by atoms with Crippen molar-refractivity contribution in [2.24, 2.45) is 34.0 Å². The predicted molar refractivity (Wildman–Crippen MR) is 135 cm³/mol. The molecule has 4 aliphatic carbocycles. The van der Waals surface area contributed by atoms with Gasteiger partial charge in [-0.2, -0.15) is 0 Å². The Morgan fingerprint density at radius 1 is 1.14 bits per heavy atom. The molecule has 6 rings (SSSR count). The summed E-state index contributed by atoms with van der Waals surface area (Å²) in [5, 5.41) is 11.7. The molecule has 1 aromatic carbocycles. The molecule has 7 heteroatoms. The van der Waals surface area contributed by atoms with Gasteiger partial charge in [-0.3, -0.25) is 4.79 Å². The molecular formula is C30H38O7. The van der Waals surface area contributed by atoms with Crippen LogP contribution in [0.25, 0.3) is 0 Å². The van der Waals surface area contributed by atoms with E-state index in [0.29, 0.717) is 41.7 Å². The Morgan fingerprint density at radius 3 is 2.70 bits per heavy atom. The summed E-state index contributed by atoms with van der Waals surface area (Å²) in [5.41, 5.74) is 0.921. The highest BCUT2D eigenvalue weighted by atomic mass is 16.7. The fourth-order valence-corrected chi connectivity index (χ4v) is 9.14. The van der Waals surface area contributed by atoms with E-state index in [9.17, 15) is 14.7 Å². The van der Waals surface area contributed by atoms with Gasteiger partial charge in [-0.05, 0) is 86.3 Å². The number of benzene rings is 1. The van der Waals surface area contributed by atoms with Crippen LogP contribution < -0.4 is 9.47 Å². The number of carbonyl (C=O) groups is 2. The molecule has 0 saturated heterocycles. The minimum Gasteiger partial charge on any atom is -0.465 e. The van der Waals surface area contributed by atoms with Crippen LogP contribution in [-0.4, -0.2) is 42.7 Å². The molecule has 4 fully saturated rings. The van der Waals surface area contributed by atoms with Gasteiger partial charge >= 0.3 is 11.9 Å². The summed E-state index contributed by atoms with van der Waals surface area (Å²) in [6.07, 6.45) is 5.47. The number of aliphatic hydroxyl groups is 1. The number of hydrogen-bond acceptors (Lipinski definition) is 7. The molecule has 0 unspecified atom stereocenters. The second-order valence-electron chi connectivity index (χ2n) is 12.7. The van der Waals surface area contributed by atoms with E-state index in [4.69, 9.17) is 18.9 Å². The summed E-state index contributed by atoms with van der Waals surface area (Å²) < 4.78 is 22.7. The van der Waals surface area contributed by atoms with Gasteiger partial charge in [-0.25, -0.2) is 4.79 Å². The van der Waals surface area contributed by atoms with Crippen LogP contribution in [0.1, 0.15) is 76.1 Å². The lowest BCUT2D eigenvalue weighted by Gasteiger charge is -2.66. The molecule has 7 nitrogen and oxygen atoms in total. The quantitative estimate of drug-likeness (QED) is 0.448. The lowest BCUT2D eigenvalue weighted by atomic mass is 9.40. The maximum Gasteiger partial charge on any atom is 0.338 e. The van der Waals surface area contributed by atoms with E-state index in [1.165, 1.54) is 12.5 Å². The lowest BCUT2D eigenvalue weighted by Crippen LogP contribution is -2.65. The molecule has 5 aliphatic rings. The van der Waals surface area contributed by atoms with Crippen molar-refractivity contribution in [3.63, 3.8) is 0 Å². The Labute approximate surface area is 218 Å². The second kappa shape index (κ2) is 8.48. The molecule has 200 valence electrons. The molecule has 0 radical (unpaired) electrons. The van der Waals surface area contributed by atoms with Gasteiger partial charge < -0.3 is 24.1 Å². The summed E-state index contributed by atoms with van der Waals surface area (Å²) in [6.45, 7) is 10.5. The molecule has 1 aromatic rings. The molecule has 4 saturated carbocycles. The van der Waals surface area contributed by atoms with Crippen LogP contribution in [0.5, 0.6) is 11.5 Å². The normalized spacial score (nSPS) is 41.5. The Balaban J connectivity index is 1.32. The zero-order valence-corrected chi connectivity index (χ0v) is 22.1. The Bertz CT molecular complexity index is 1140. The molecule has 8 atom stereocenters. The Hall–Kier alpha value is -2.54. The number of carbonyl (C=O) groups excluding carboxylic acids is 2. The van der Waals surface area contributed by atoms with Gasteiger partial charge in [0.2, 0.25) is 6.79 Å². The molecule has 2 bridgehead atoms. The minimum atomic E-state index is -0.625. The van der Waals surface area contributed by atoms with Gasteiger partial charge in [0.1, 0.15) is 12.7 Å². The van der Waals surface area contributed by atoms with Crippen LogP contribution in [-0.2, 0) is 14.3 Å². The minimum absolute atomic E-state index is 0.0405. The van der Waals surface area contributed by atoms with E-state index in [1.807, 2.05) is 0 Å². The molecule has 1 spiro atoms. The lowest BCUT2D eigenvalue weighted by molar-refractivity contribution is -0.232. The van der Waals surface area contributed by atoms with Crippen molar-refractivity contribution in [2.45, 2.75) is 77.9 Å². The molecule has 1 heterocycles. The number of aliphatic hydroxyl groups excluding tert-OH is 1. The van der Waals surface area contributed by atoms with Crippen LogP contribution in [0, 0.1) is 34.0 Å². The van der Waals surface area contributed by atoms with E-state index in [0.717, 1.165) is 32.1 Å². The van der Waals surface area contributed by atoms with E-state index in [-0.39, 0.29) is 36.1 Å². The number of fused-ring (bicyclic) bond motifs is 4. The molecular weight excluding hydrogens is 472 g/mol. The van der Waals surface area contributed by atoms with Crippen LogP contribution in [0.15, 0.2) is 30.4 Å². The first-order valence-electron chi connectivity index (χ1n) is 13.7. The average Bonchev–Trinajstić information content (AvgIpc) is 3.43. The van der Waals surface area contributed by atoms with Gasteiger partial charge in [0, 0.05) is 17.8 Å². The first-order valence-corrected chi connectivity index (χ1v) is 13.7. The SMILES string of the molecule is C=C1C[C@]23C[C@H]1CC[C@H]2[C@]1(C)CC[C@@H](OC(=O)c2ccc4c(c2)OCO4)[C@](C)(COC(C)=O)[C@H]1C[C@@H]3O. The Kier molecular flexibility index (Phi) is 5.68. The fraction of sp³-hybridized carbons (Fsp3) is 0.667. The molecule has 1 N–H and O–H groups in total. The monoisotopic (exact) mass is 510 g/mol. The van der Waals surface area contributed by atoms with Gasteiger partial charge in [-0.1, -0.05) is 26.0 Å². The van der Waals surface area contributed by atoms with E-state index in [2.05, 4.69) is 20.4 Å². The smallest absolute Gasteiger partial charge is 0.338 e. The first kappa shape index (κ1) is 24.8. The maximum absolute atomic E-state index is 13.3. The van der Waals surface area contributed by atoms with Crippen LogP contribution in [0.3, 0.4) is 0 Å². The summed E-state index contributed by atoms with van der Waals surface area (Å²) >= 11 is 0. The standard InChI is InChI=1S/C30H38O7/c1-17-13-30-14-20(17)6-8-23(30)28(3)10-9-26(29(4,15-34-18(2)31)24(28)12-25(30)32)37-27(33)19-5-7-21-22(11-19)36-16-35-21/h5,7,11,20,23-26,32H,1,6,8-10,12-16H2,2-4H3/t20-,23+,24+,25+,26-,28+,29-,30+/m1/s1. The highest BCUT2D eigenvalue weighted by molar-refractivity contribution is 5.90. The zero-order chi connectivity index (χ0) is 26.2. The van der Waals surface area contributed by atoms with Crippen molar-refractivity contribution in [1.82, 2.24) is 0 Å². The van der Waals surface area contributed by atoms with Crippen molar-refractivity contribution < 1.29 is 33.6 Å². The van der Waals surface area contributed by atoms with Crippen molar-refractivity contribution in [3.8, 4) is 11.5 Å². The number of allylic oxidation sites excluding steroid dienone is 1. The Morgan fingerprint density at radius 2 is 1.92 bits per heavy atom. The summed E-state index contributed by atoms with van der Waals surface area (Å²) in [7, 11) is 0. The predicted octanol–water partition coefficient (Wildman–Crippen LogP) is 5.05. The third kappa shape index (κ3) is 3.63. The third-order valence-electron chi connectivity index (χ3n) is 10.9. The fourth-order valence-electron chi connectivity index (χ4n) is 9.14. The van der Waals surface area contributed by atoms with Gasteiger partial charge in [0.15, 0.2) is 11.5 Å². The summed E-state index contributed by atoms with van der Waals surface area (Å²) in [4.78, 5) is 25.3. The highest BCUT2D eigenvalue weighted by Crippen LogP contribution is 2.72. The van der Waals surface area contributed by atoms with Crippen molar-refractivity contribution in [3.05, 3.63) is 35.9 Å². The van der Waals surface area contributed by atoms with E-state index in [1.54, 1.807) is 18.2 Å². The van der Waals surface area contributed by atoms with Crippen LogP contribution in [0.4, 0.5) is 0 Å². The summed E-state index contributed by atoms with van der Waals surface area (Å²) in [6, 6.07) is 5.06. The maximum atomic E-state index is 13.3. The van der Waals surface area contributed by atoms with Crippen LogP contribution >= 0.6 is 0 Å². The number of ether oxygens (including phenoxy) is 4. The number of hydrogen-bond donors (Lipinski definition) is 1. The van der Waals surface area contributed by atoms with Gasteiger partial charge in [-0.15, -0.1) is 0 Å². The number of rotatable bonds is 4. The second-order valence-corrected chi connectivity index (χ2v) is 12.7. The molecule has 37 heavy (non-hydrogen) atoms. The van der Waals surface area contributed by atoms with E-state index < -0.39 is 23.6 Å². The number of esters is 2. The zero-order valence-electron chi connectivity index (χ0n) is 22.1. The van der Waals surface area contributed by atoms with Gasteiger partial charge in [0.05, 0.1) is 11.7 Å². The largest absolute Gasteiger partial charge is 0.465 e. The van der Waals surface area contributed by atoms with Crippen molar-refractivity contribution >= 4 is 11.9 Å². The van der Waals surface area contributed by atoms with Crippen LogP contribution in [0.2, 0.25) is 0 Å². The molecule has 0 amide bonds. The van der Waals surface area contributed by atoms with E-state index >= 15 is 0 Å².